The van der Waals surface area contributed by atoms with E-state index in [4.69, 9.17) is 9.05 Å². The Bertz CT molecular complexity index is 1250. The molecular formula is C29H32N2O5P+. The highest BCUT2D eigenvalue weighted by Gasteiger charge is 2.45. The molecule has 1 atom stereocenters. The molecule has 192 valence electrons. The number of nitrogens with zero attached hydrogens (tertiary/aromatic N) is 1. The van der Waals surface area contributed by atoms with Crippen LogP contribution in [0.3, 0.4) is 0 Å². The number of hydrogen-bond acceptors (Lipinski definition) is 5. The molecule has 8 heteroatoms. The Morgan fingerprint density at radius 1 is 0.784 bits per heavy atom. The van der Waals surface area contributed by atoms with E-state index in [1.54, 1.807) is 0 Å². The summed E-state index contributed by atoms with van der Waals surface area (Å²) >= 11 is 0. The van der Waals surface area contributed by atoms with Gasteiger partial charge in [0.15, 0.2) is 6.29 Å². The minimum Gasteiger partial charge on any atom is -0.301 e. The maximum atomic E-state index is 14.2. The van der Waals surface area contributed by atoms with Crippen LogP contribution in [-0.4, -0.2) is 28.5 Å². The summed E-state index contributed by atoms with van der Waals surface area (Å²) in [6.45, 7) is 3.98. The van der Waals surface area contributed by atoms with E-state index in [1.165, 1.54) is 4.58 Å². The van der Waals surface area contributed by atoms with E-state index in [-0.39, 0.29) is 31.3 Å². The molecule has 1 unspecified atom stereocenters. The fourth-order valence-corrected chi connectivity index (χ4v) is 5.93. The van der Waals surface area contributed by atoms with Crippen LogP contribution in [0.1, 0.15) is 30.5 Å². The lowest BCUT2D eigenvalue weighted by Gasteiger charge is -2.27. The number of carbonyl (C=O) groups is 2. The second-order valence-corrected chi connectivity index (χ2v) is 11.4. The van der Waals surface area contributed by atoms with Crippen molar-refractivity contribution >= 4 is 25.2 Å². The van der Waals surface area contributed by atoms with Crippen LogP contribution >= 0.6 is 7.60 Å². The molecule has 1 N–H and O–H groups in total. The second kappa shape index (κ2) is 12.2. The standard InChI is InChI=1S/C29H31N2O5P/c1-22(2)27-26(18-23-12-6-3-7-13-23)31(29(33)30-28(27)32)21-37(34,35-19-24-14-8-4-9-15-24)36-20-25-16-10-5-11-17-25/h3-17,22,27H,18-21H2,1-2H3/p+1. The summed E-state index contributed by atoms with van der Waals surface area (Å²) in [5, 5.41) is 2.44. The first kappa shape index (κ1) is 26.7. The van der Waals surface area contributed by atoms with Crippen molar-refractivity contribution < 1.29 is 27.8 Å². The summed E-state index contributed by atoms with van der Waals surface area (Å²) in [5.74, 6) is -0.994. The van der Waals surface area contributed by atoms with Gasteiger partial charge in [-0.05, 0) is 22.6 Å². The summed E-state index contributed by atoms with van der Waals surface area (Å²) in [4.78, 5) is 26.0. The average Bonchev–Trinajstić information content (AvgIpc) is 2.90. The number of carbonyl (C=O) groups excluding carboxylic acids is 2. The van der Waals surface area contributed by atoms with Crippen LogP contribution in [-0.2, 0) is 38.0 Å². The number of rotatable bonds is 11. The number of urea groups is 1. The summed E-state index contributed by atoms with van der Waals surface area (Å²) < 4.78 is 27.4. The molecule has 1 heterocycles. The van der Waals surface area contributed by atoms with Gasteiger partial charge in [-0.1, -0.05) is 105 Å². The van der Waals surface area contributed by atoms with Gasteiger partial charge in [0, 0.05) is 6.42 Å². The smallest absolute Gasteiger partial charge is 0.301 e. The molecule has 0 saturated heterocycles. The minimum absolute atomic E-state index is 0.0585. The molecule has 3 aromatic carbocycles. The molecule has 0 bridgehead atoms. The third kappa shape index (κ3) is 7.10. The van der Waals surface area contributed by atoms with Crippen molar-refractivity contribution in [2.24, 2.45) is 11.8 Å². The van der Waals surface area contributed by atoms with E-state index in [0.29, 0.717) is 12.1 Å². The first-order valence-electron chi connectivity index (χ1n) is 12.3. The highest BCUT2D eigenvalue weighted by molar-refractivity contribution is 7.53. The van der Waals surface area contributed by atoms with Crippen LogP contribution < -0.4 is 5.32 Å². The molecule has 1 aliphatic rings. The lowest BCUT2D eigenvalue weighted by molar-refractivity contribution is -0.416. The Labute approximate surface area is 217 Å². The molecule has 37 heavy (non-hydrogen) atoms. The van der Waals surface area contributed by atoms with E-state index in [0.717, 1.165) is 16.7 Å². The van der Waals surface area contributed by atoms with E-state index >= 15 is 0 Å². The molecule has 4 rings (SSSR count). The van der Waals surface area contributed by atoms with E-state index in [9.17, 15) is 14.2 Å². The maximum Gasteiger partial charge on any atom is 0.498 e. The number of imide groups is 1. The summed E-state index contributed by atoms with van der Waals surface area (Å²) in [6, 6.07) is 27.7. The van der Waals surface area contributed by atoms with E-state index in [1.807, 2.05) is 105 Å². The van der Waals surface area contributed by atoms with Crippen molar-refractivity contribution in [2.45, 2.75) is 33.5 Å². The molecule has 0 spiro atoms. The maximum absolute atomic E-state index is 14.2. The first-order valence-corrected chi connectivity index (χ1v) is 14.1. The predicted octanol–water partition coefficient (Wildman–Crippen LogP) is 5.79. The largest absolute Gasteiger partial charge is 0.498 e. The van der Waals surface area contributed by atoms with Gasteiger partial charge in [0.25, 0.3) is 0 Å². The molecule has 3 aromatic rings. The molecule has 0 fully saturated rings. The van der Waals surface area contributed by atoms with Gasteiger partial charge in [0.2, 0.25) is 0 Å². The number of benzene rings is 3. The van der Waals surface area contributed by atoms with Gasteiger partial charge in [-0.25, -0.2) is 4.79 Å². The lowest BCUT2D eigenvalue weighted by Crippen LogP contribution is -2.54. The molecular weight excluding hydrogens is 487 g/mol. The van der Waals surface area contributed by atoms with Crippen molar-refractivity contribution in [1.29, 1.82) is 0 Å². The third-order valence-electron chi connectivity index (χ3n) is 6.21. The van der Waals surface area contributed by atoms with Gasteiger partial charge in [0.1, 0.15) is 11.6 Å². The van der Waals surface area contributed by atoms with Gasteiger partial charge in [0.05, 0.1) is 13.2 Å². The molecule has 1 aliphatic heterocycles. The normalized spacial score (nSPS) is 16.2. The zero-order chi connectivity index (χ0) is 26.3. The number of amides is 3. The predicted molar refractivity (Wildman–Crippen MR) is 142 cm³/mol. The van der Waals surface area contributed by atoms with Gasteiger partial charge >= 0.3 is 19.5 Å². The van der Waals surface area contributed by atoms with Crippen LogP contribution in [0.2, 0.25) is 0 Å². The lowest BCUT2D eigenvalue weighted by atomic mass is 9.85. The Hall–Kier alpha value is -3.38. The monoisotopic (exact) mass is 519 g/mol. The molecule has 0 saturated carbocycles. The first-order chi connectivity index (χ1) is 17.8. The number of hydrogen-bond donors (Lipinski definition) is 1. The topological polar surface area (TPSA) is 84.7 Å². The van der Waals surface area contributed by atoms with Crippen molar-refractivity contribution in [3.63, 3.8) is 0 Å². The fraction of sp³-hybridized carbons (Fsp3) is 0.276. The summed E-state index contributed by atoms with van der Waals surface area (Å²) in [7, 11) is -3.84. The van der Waals surface area contributed by atoms with Crippen molar-refractivity contribution in [1.82, 2.24) is 5.32 Å². The van der Waals surface area contributed by atoms with E-state index in [2.05, 4.69) is 5.32 Å². The Morgan fingerprint density at radius 3 is 1.70 bits per heavy atom. The zero-order valence-corrected chi connectivity index (χ0v) is 22.0. The third-order valence-corrected chi connectivity index (χ3v) is 7.89. The van der Waals surface area contributed by atoms with Gasteiger partial charge in [-0.2, -0.15) is 14.7 Å². The fourth-order valence-electron chi connectivity index (χ4n) is 4.34. The van der Waals surface area contributed by atoms with Crippen molar-refractivity contribution in [3.8, 4) is 0 Å². The Balaban J connectivity index is 1.70. The second-order valence-electron chi connectivity index (χ2n) is 9.37. The van der Waals surface area contributed by atoms with Crippen LogP contribution in [0.4, 0.5) is 4.79 Å². The highest BCUT2D eigenvalue weighted by Crippen LogP contribution is 2.50. The summed E-state index contributed by atoms with van der Waals surface area (Å²) in [6.07, 6.45) is 0.0530. The van der Waals surface area contributed by atoms with E-state index < -0.39 is 19.5 Å². The summed E-state index contributed by atoms with van der Waals surface area (Å²) in [5.41, 5.74) is 3.19. The van der Waals surface area contributed by atoms with Crippen LogP contribution in [0.15, 0.2) is 91.0 Å². The van der Waals surface area contributed by atoms with Gasteiger partial charge in [-0.15, -0.1) is 0 Å². The SMILES string of the molecule is CC(C)C1C(=O)NC(=O)[N+](CP(=O)(OCc2ccccc2)OCc2ccccc2)=C1Cc1ccccc1. The average molecular weight is 520 g/mol. The highest BCUT2D eigenvalue weighted by atomic mass is 31.2. The molecule has 0 aliphatic carbocycles. The minimum atomic E-state index is -3.84. The molecule has 0 radical (unpaired) electrons. The van der Waals surface area contributed by atoms with Crippen molar-refractivity contribution in [2.75, 3.05) is 6.29 Å². The molecule has 0 aromatic heterocycles. The zero-order valence-electron chi connectivity index (χ0n) is 21.1. The Morgan fingerprint density at radius 2 is 1.24 bits per heavy atom. The molecule has 3 amide bonds. The van der Waals surface area contributed by atoms with Crippen LogP contribution in [0.25, 0.3) is 0 Å². The Kier molecular flexibility index (Phi) is 8.82. The quantitative estimate of drug-likeness (QED) is 0.256. The van der Waals surface area contributed by atoms with Crippen LogP contribution in [0, 0.1) is 11.8 Å². The van der Waals surface area contributed by atoms with Crippen molar-refractivity contribution in [3.05, 3.63) is 108 Å². The molecule has 7 nitrogen and oxygen atoms in total. The van der Waals surface area contributed by atoms with Gasteiger partial charge in [-0.3, -0.25) is 4.57 Å². The number of nitrogens with one attached hydrogen (secondary N) is 1. The van der Waals surface area contributed by atoms with Gasteiger partial charge < -0.3 is 9.05 Å². The van der Waals surface area contributed by atoms with Crippen LogP contribution in [0.5, 0.6) is 0 Å².